The summed E-state index contributed by atoms with van der Waals surface area (Å²) >= 11 is 6.06. The van der Waals surface area contributed by atoms with Crippen LogP contribution in [0.25, 0.3) is 0 Å². The van der Waals surface area contributed by atoms with Crippen molar-refractivity contribution in [1.82, 2.24) is 5.32 Å². The Morgan fingerprint density at radius 2 is 1.81 bits per heavy atom. The molecule has 1 saturated carbocycles. The van der Waals surface area contributed by atoms with Gasteiger partial charge in [-0.25, -0.2) is 0 Å². The number of hydrogen-bond donors (Lipinski definition) is 1. The van der Waals surface area contributed by atoms with Crippen molar-refractivity contribution in [3.05, 3.63) is 77.8 Å². The fourth-order valence-electron chi connectivity index (χ4n) is 3.59. The molecule has 1 aliphatic carbocycles. The van der Waals surface area contributed by atoms with E-state index in [4.69, 9.17) is 11.6 Å². The first-order chi connectivity index (χ1) is 12.7. The number of nitrogens with one attached hydrogen (secondary N) is 1. The average Bonchev–Trinajstić information content (AvgIpc) is 3.16. The highest BCUT2D eigenvalue weighted by molar-refractivity contribution is 6.30. The lowest BCUT2D eigenvalue weighted by atomic mass is 10.0. The molecule has 1 amide bonds. The van der Waals surface area contributed by atoms with E-state index in [1.165, 1.54) is 12.8 Å². The van der Waals surface area contributed by atoms with Crippen LogP contribution in [0.2, 0.25) is 5.02 Å². The van der Waals surface area contributed by atoms with E-state index in [0.717, 1.165) is 24.1 Å². The number of amides is 1. The first-order valence-corrected chi connectivity index (χ1v) is 9.55. The Morgan fingerprint density at radius 1 is 1.15 bits per heavy atom. The Hall–Kier alpha value is -2.26. The summed E-state index contributed by atoms with van der Waals surface area (Å²) in [6.45, 7) is 4.46. The van der Waals surface area contributed by atoms with Crippen LogP contribution >= 0.6 is 11.6 Å². The first-order valence-electron chi connectivity index (χ1n) is 9.17. The maximum atomic E-state index is 13.3. The van der Waals surface area contributed by atoms with E-state index in [-0.39, 0.29) is 11.9 Å². The second-order valence-electron chi connectivity index (χ2n) is 6.72. The molecule has 1 N–H and O–H groups in total. The van der Waals surface area contributed by atoms with Gasteiger partial charge in [-0.15, -0.1) is 6.58 Å². The van der Waals surface area contributed by atoms with Gasteiger partial charge in [-0.3, -0.25) is 4.79 Å². The zero-order chi connectivity index (χ0) is 18.4. The van der Waals surface area contributed by atoms with Gasteiger partial charge < -0.3 is 10.2 Å². The molecule has 136 valence electrons. The largest absolute Gasteiger partial charge is 0.352 e. The molecule has 4 heteroatoms. The topological polar surface area (TPSA) is 32.3 Å². The molecule has 26 heavy (non-hydrogen) atoms. The van der Waals surface area contributed by atoms with Crippen LogP contribution in [0.15, 0.2) is 67.3 Å². The molecule has 0 unspecified atom stereocenters. The third kappa shape index (κ3) is 4.47. The van der Waals surface area contributed by atoms with E-state index in [1.54, 1.807) is 0 Å². The van der Waals surface area contributed by atoms with Gasteiger partial charge in [0.15, 0.2) is 0 Å². The third-order valence-corrected chi connectivity index (χ3v) is 5.11. The van der Waals surface area contributed by atoms with Crippen LogP contribution < -0.4 is 10.2 Å². The summed E-state index contributed by atoms with van der Waals surface area (Å²) in [4.78, 5) is 15.3. The van der Waals surface area contributed by atoms with Crippen molar-refractivity contribution in [3.63, 3.8) is 0 Å². The minimum absolute atomic E-state index is 0.0323. The highest BCUT2D eigenvalue weighted by Crippen LogP contribution is 2.29. The van der Waals surface area contributed by atoms with Crippen LogP contribution in [0.3, 0.4) is 0 Å². The summed E-state index contributed by atoms with van der Waals surface area (Å²) in [6.07, 6.45) is 6.33. The van der Waals surface area contributed by atoms with E-state index < -0.39 is 6.04 Å². The second kappa shape index (κ2) is 8.91. The Morgan fingerprint density at radius 3 is 2.42 bits per heavy atom. The summed E-state index contributed by atoms with van der Waals surface area (Å²) in [5.74, 6) is 0.0323. The predicted octanol–water partition coefficient (Wildman–Crippen LogP) is 5.13. The number of rotatable bonds is 7. The summed E-state index contributed by atoms with van der Waals surface area (Å²) < 4.78 is 0. The lowest BCUT2D eigenvalue weighted by Gasteiger charge is -2.33. The molecule has 2 aromatic carbocycles. The number of nitrogens with zero attached hydrogens (tertiary/aromatic N) is 1. The SMILES string of the molecule is C=CCN(c1ccccc1)[C@H](C(=O)NC1CCCC1)c1ccc(Cl)cc1. The number of para-hydroxylation sites is 1. The Labute approximate surface area is 160 Å². The molecule has 0 heterocycles. The van der Waals surface area contributed by atoms with Gasteiger partial charge in [-0.05, 0) is 42.7 Å². The molecule has 1 fully saturated rings. The van der Waals surface area contributed by atoms with Gasteiger partial charge in [0.1, 0.15) is 6.04 Å². The molecule has 2 aromatic rings. The van der Waals surface area contributed by atoms with E-state index in [0.29, 0.717) is 11.6 Å². The van der Waals surface area contributed by atoms with Crippen molar-refractivity contribution < 1.29 is 4.79 Å². The molecule has 0 aliphatic heterocycles. The van der Waals surface area contributed by atoms with Crippen LogP contribution in [-0.4, -0.2) is 18.5 Å². The third-order valence-electron chi connectivity index (χ3n) is 4.86. The number of halogens is 1. The standard InChI is InChI=1S/C22H25ClN2O/c1-2-16-25(20-10-4-3-5-11-20)21(17-12-14-18(23)15-13-17)22(26)24-19-8-6-7-9-19/h2-5,10-15,19,21H,1,6-9,16H2,(H,24,26)/t21-/m0/s1. The molecule has 3 rings (SSSR count). The van der Waals surface area contributed by atoms with Gasteiger partial charge in [0.05, 0.1) is 0 Å². The maximum Gasteiger partial charge on any atom is 0.247 e. The predicted molar refractivity (Wildman–Crippen MR) is 109 cm³/mol. The van der Waals surface area contributed by atoms with Crippen molar-refractivity contribution in [2.24, 2.45) is 0 Å². The van der Waals surface area contributed by atoms with E-state index in [9.17, 15) is 4.79 Å². The van der Waals surface area contributed by atoms with E-state index >= 15 is 0 Å². The summed E-state index contributed by atoms with van der Waals surface area (Å²) in [7, 11) is 0. The van der Waals surface area contributed by atoms with Crippen molar-refractivity contribution >= 4 is 23.2 Å². The van der Waals surface area contributed by atoms with Crippen molar-refractivity contribution in [3.8, 4) is 0 Å². The monoisotopic (exact) mass is 368 g/mol. The van der Waals surface area contributed by atoms with Crippen LogP contribution in [0, 0.1) is 0 Å². The first kappa shape index (κ1) is 18.5. The van der Waals surface area contributed by atoms with Gasteiger partial charge in [0.25, 0.3) is 0 Å². The number of carbonyl (C=O) groups excluding carboxylic acids is 1. The minimum atomic E-state index is -0.423. The molecule has 0 radical (unpaired) electrons. The number of benzene rings is 2. The number of anilines is 1. The summed E-state index contributed by atoms with van der Waals surface area (Å²) in [5, 5.41) is 3.92. The Balaban J connectivity index is 1.95. The number of hydrogen-bond acceptors (Lipinski definition) is 2. The van der Waals surface area contributed by atoms with Crippen LogP contribution in [0.1, 0.15) is 37.3 Å². The fourth-order valence-corrected chi connectivity index (χ4v) is 3.71. The van der Waals surface area contributed by atoms with Crippen molar-refractivity contribution in [2.45, 2.75) is 37.8 Å². The summed E-state index contributed by atoms with van der Waals surface area (Å²) in [6, 6.07) is 17.4. The Bertz CT molecular complexity index is 724. The molecule has 0 bridgehead atoms. The van der Waals surface area contributed by atoms with Gasteiger partial charge >= 0.3 is 0 Å². The molecule has 0 saturated heterocycles. The van der Waals surface area contributed by atoms with Crippen molar-refractivity contribution in [2.75, 3.05) is 11.4 Å². The van der Waals surface area contributed by atoms with Gasteiger partial charge in [0, 0.05) is 23.3 Å². The smallest absolute Gasteiger partial charge is 0.247 e. The molecule has 0 aromatic heterocycles. The molecular weight excluding hydrogens is 344 g/mol. The van der Waals surface area contributed by atoms with Gasteiger partial charge in [-0.1, -0.05) is 60.9 Å². The molecule has 3 nitrogen and oxygen atoms in total. The van der Waals surface area contributed by atoms with Crippen LogP contribution in [-0.2, 0) is 4.79 Å². The molecule has 0 spiro atoms. The van der Waals surface area contributed by atoms with Gasteiger partial charge in [-0.2, -0.15) is 0 Å². The lowest BCUT2D eigenvalue weighted by Crippen LogP contribution is -2.44. The Kier molecular flexibility index (Phi) is 6.35. The normalized spacial score (nSPS) is 15.4. The van der Waals surface area contributed by atoms with Crippen molar-refractivity contribution in [1.29, 1.82) is 0 Å². The molecular formula is C22H25ClN2O. The zero-order valence-corrected chi connectivity index (χ0v) is 15.7. The molecule has 1 atom stereocenters. The van der Waals surface area contributed by atoms with Crippen LogP contribution in [0.5, 0.6) is 0 Å². The van der Waals surface area contributed by atoms with Gasteiger partial charge in [0.2, 0.25) is 5.91 Å². The van der Waals surface area contributed by atoms with E-state index in [2.05, 4.69) is 16.8 Å². The lowest BCUT2D eigenvalue weighted by molar-refractivity contribution is -0.123. The average molecular weight is 369 g/mol. The summed E-state index contributed by atoms with van der Waals surface area (Å²) in [5.41, 5.74) is 1.92. The fraction of sp³-hybridized carbons (Fsp3) is 0.318. The highest BCUT2D eigenvalue weighted by Gasteiger charge is 2.29. The quantitative estimate of drug-likeness (QED) is 0.687. The minimum Gasteiger partial charge on any atom is -0.352 e. The zero-order valence-electron chi connectivity index (χ0n) is 14.9. The second-order valence-corrected chi connectivity index (χ2v) is 7.16. The molecule has 1 aliphatic rings. The van der Waals surface area contributed by atoms with E-state index in [1.807, 2.05) is 60.7 Å². The maximum absolute atomic E-state index is 13.3. The van der Waals surface area contributed by atoms with Crippen LogP contribution in [0.4, 0.5) is 5.69 Å². The highest BCUT2D eigenvalue weighted by atomic mass is 35.5. The number of carbonyl (C=O) groups is 1.